The SMILES string of the molecule is O=C(c1ccc(F)c(F)c1Nc1ccc(I)cc1F)N1CC(O)CO1. The molecular formula is C16H12F3IN2O3. The zero-order chi connectivity index (χ0) is 18.1. The average Bonchev–Trinajstić information content (AvgIpc) is 3.00. The fourth-order valence-electron chi connectivity index (χ4n) is 2.33. The van der Waals surface area contributed by atoms with Crippen molar-refractivity contribution in [2.75, 3.05) is 18.5 Å². The van der Waals surface area contributed by atoms with Crippen LogP contribution in [-0.4, -0.2) is 35.3 Å². The molecule has 0 saturated carbocycles. The molecule has 0 aliphatic carbocycles. The minimum Gasteiger partial charge on any atom is -0.389 e. The number of anilines is 2. The second-order valence-corrected chi connectivity index (χ2v) is 6.59. The first kappa shape index (κ1) is 18.0. The fraction of sp³-hybridized carbons (Fsp3) is 0.188. The van der Waals surface area contributed by atoms with Crippen LogP contribution in [0.15, 0.2) is 30.3 Å². The summed E-state index contributed by atoms with van der Waals surface area (Å²) in [6.07, 6.45) is -0.862. The first-order valence-corrected chi connectivity index (χ1v) is 8.27. The van der Waals surface area contributed by atoms with Gasteiger partial charge in [-0.1, -0.05) is 0 Å². The monoisotopic (exact) mass is 464 g/mol. The molecule has 5 nitrogen and oxygen atoms in total. The third-order valence-electron chi connectivity index (χ3n) is 3.54. The van der Waals surface area contributed by atoms with Gasteiger partial charge in [-0.25, -0.2) is 18.2 Å². The second kappa shape index (κ2) is 7.18. The van der Waals surface area contributed by atoms with E-state index in [1.807, 2.05) is 22.6 Å². The van der Waals surface area contributed by atoms with E-state index in [0.29, 0.717) is 3.57 Å². The van der Waals surface area contributed by atoms with Crippen molar-refractivity contribution < 1.29 is 27.9 Å². The number of carbonyl (C=O) groups excluding carboxylic acids is 1. The van der Waals surface area contributed by atoms with Crippen LogP contribution >= 0.6 is 22.6 Å². The lowest BCUT2D eigenvalue weighted by Gasteiger charge is -2.18. The van der Waals surface area contributed by atoms with Gasteiger partial charge in [0.25, 0.3) is 5.91 Å². The Labute approximate surface area is 154 Å². The topological polar surface area (TPSA) is 61.8 Å². The van der Waals surface area contributed by atoms with Gasteiger partial charge in [0.05, 0.1) is 23.5 Å². The fourth-order valence-corrected chi connectivity index (χ4v) is 2.78. The lowest BCUT2D eigenvalue weighted by molar-refractivity contribution is -0.0779. The molecule has 0 spiro atoms. The smallest absolute Gasteiger partial charge is 0.279 e. The van der Waals surface area contributed by atoms with Gasteiger partial charge in [0, 0.05) is 3.57 Å². The van der Waals surface area contributed by atoms with E-state index in [4.69, 9.17) is 4.84 Å². The molecule has 2 aromatic rings. The Morgan fingerprint density at radius 2 is 2.00 bits per heavy atom. The molecular weight excluding hydrogens is 452 g/mol. The lowest BCUT2D eigenvalue weighted by atomic mass is 10.1. The molecule has 0 radical (unpaired) electrons. The number of benzene rings is 2. The summed E-state index contributed by atoms with van der Waals surface area (Å²) in [6, 6.07) is 6.00. The lowest BCUT2D eigenvalue weighted by Crippen LogP contribution is -2.29. The summed E-state index contributed by atoms with van der Waals surface area (Å²) in [7, 11) is 0. The number of hydroxylamine groups is 2. The van der Waals surface area contributed by atoms with Crippen molar-refractivity contribution in [3.05, 3.63) is 56.9 Å². The summed E-state index contributed by atoms with van der Waals surface area (Å²) in [5, 5.41) is 12.7. The van der Waals surface area contributed by atoms with E-state index in [-0.39, 0.29) is 24.4 Å². The molecule has 1 amide bonds. The van der Waals surface area contributed by atoms with Crippen molar-refractivity contribution in [3.8, 4) is 0 Å². The molecule has 25 heavy (non-hydrogen) atoms. The number of nitrogens with zero attached hydrogens (tertiary/aromatic N) is 1. The van der Waals surface area contributed by atoms with Crippen LogP contribution in [0.3, 0.4) is 0 Å². The number of rotatable bonds is 3. The van der Waals surface area contributed by atoms with E-state index in [9.17, 15) is 23.1 Å². The first-order chi connectivity index (χ1) is 11.9. The summed E-state index contributed by atoms with van der Waals surface area (Å²) in [5.74, 6) is -3.96. The zero-order valence-electron chi connectivity index (χ0n) is 12.6. The molecule has 1 fully saturated rings. The van der Waals surface area contributed by atoms with Gasteiger partial charge in [-0.05, 0) is 52.9 Å². The maximum atomic E-state index is 14.3. The predicted molar refractivity (Wildman–Crippen MR) is 91.8 cm³/mol. The minimum absolute atomic E-state index is 0.0794. The van der Waals surface area contributed by atoms with Crippen molar-refractivity contribution in [1.82, 2.24) is 5.06 Å². The van der Waals surface area contributed by atoms with Crippen LogP contribution in [-0.2, 0) is 4.84 Å². The van der Waals surface area contributed by atoms with E-state index in [0.717, 1.165) is 17.2 Å². The number of halogens is 4. The molecule has 3 rings (SSSR count). The highest BCUT2D eigenvalue weighted by molar-refractivity contribution is 14.1. The number of carbonyl (C=O) groups is 1. The van der Waals surface area contributed by atoms with Gasteiger partial charge in [-0.2, -0.15) is 0 Å². The van der Waals surface area contributed by atoms with Crippen LogP contribution in [0.1, 0.15) is 10.4 Å². The predicted octanol–water partition coefficient (Wildman–Crippen LogP) is 3.20. The van der Waals surface area contributed by atoms with Crippen LogP contribution in [0.2, 0.25) is 0 Å². The Bertz CT molecular complexity index is 835. The second-order valence-electron chi connectivity index (χ2n) is 5.35. The summed E-state index contributed by atoms with van der Waals surface area (Å²) in [4.78, 5) is 17.5. The number of nitrogens with one attached hydrogen (secondary N) is 1. The van der Waals surface area contributed by atoms with E-state index < -0.39 is 35.2 Å². The molecule has 1 saturated heterocycles. The molecule has 0 bridgehead atoms. The van der Waals surface area contributed by atoms with E-state index >= 15 is 0 Å². The molecule has 1 aliphatic rings. The molecule has 9 heteroatoms. The van der Waals surface area contributed by atoms with Crippen LogP contribution in [0, 0.1) is 21.0 Å². The molecule has 1 aliphatic heterocycles. The van der Waals surface area contributed by atoms with Gasteiger partial charge < -0.3 is 10.4 Å². The molecule has 1 heterocycles. The summed E-state index contributed by atoms with van der Waals surface area (Å²) in [6.45, 7) is -0.181. The zero-order valence-corrected chi connectivity index (χ0v) is 14.8. The van der Waals surface area contributed by atoms with Gasteiger partial charge in [0.2, 0.25) is 0 Å². The van der Waals surface area contributed by atoms with Crippen molar-refractivity contribution >= 4 is 39.9 Å². The highest BCUT2D eigenvalue weighted by atomic mass is 127. The number of amides is 1. The van der Waals surface area contributed by atoms with Gasteiger partial charge in [-0.3, -0.25) is 9.63 Å². The standard InChI is InChI=1S/C16H12F3IN2O3/c17-11-3-2-10(16(24)22-6-9(23)7-25-22)15(14(11)19)21-13-4-1-8(20)5-12(13)18/h1-5,9,21,23H,6-7H2. The molecule has 1 atom stereocenters. The Morgan fingerprint density at radius 1 is 1.24 bits per heavy atom. The van der Waals surface area contributed by atoms with Crippen molar-refractivity contribution in [2.24, 2.45) is 0 Å². The largest absolute Gasteiger partial charge is 0.389 e. The number of aliphatic hydroxyl groups is 1. The number of hydrogen-bond acceptors (Lipinski definition) is 4. The van der Waals surface area contributed by atoms with E-state index in [2.05, 4.69) is 5.32 Å². The van der Waals surface area contributed by atoms with Crippen molar-refractivity contribution in [3.63, 3.8) is 0 Å². The highest BCUT2D eigenvalue weighted by Gasteiger charge is 2.30. The normalized spacial score (nSPS) is 17.0. The van der Waals surface area contributed by atoms with Crippen molar-refractivity contribution in [2.45, 2.75) is 6.10 Å². The third kappa shape index (κ3) is 3.72. The third-order valence-corrected chi connectivity index (χ3v) is 4.21. The Hall–Kier alpha value is -1.85. The molecule has 2 aromatic carbocycles. The Balaban J connectivity index is 1.99. The molecule has 0 aromatic heterocycles. The van der Waals surface area contributed by atoms with Crippen molar-refractivity contribution in [1.29, 1.82) is 0 Å². The van der Waals surface area contributed by atoms with E-state index in [1.165, 1.54) is 12.1 Å². The molecule has 2 N–H and O–H groups in total. The maximum absolute atomic E-state index is 14.3. The summed E-state index contributed by atoms with van der Waals surface area (Å²) in [5.41, 5.74) is -0.859. The Kier molecular flexibility index (Phi) is 5.16. The number of hydrogen-bond donors (Lipinski definition) is 2. The van der Waals surface area contributed by atoms with E-state index in [1.54, 1.807) is 6.07 Å². The first-order valence-electron chi connectivity index (χ1n) is 7.19. The van der Waals surface area contributed by atoms with Gasteiger partial charge in [0.1, 0.15) is 18.5 Å². The average molecular weight is 464 g/mol. The van der Waals surface area contributed by atoms with Crippen LogP contribution in [0.25, 0.3) is 0 Å². The highest BCUT2D eigenvalue weighted by Crippen LogP contribution is 2.30. The molecule has 132 valence electrons. The van der Waals surface area contributed by atoms with Gasteiger partial charge >= 0.3 is 0 Å². The Morgan fingerprint density at radius 3 is 2.64 bits per heavy atom. The number of aliphatic hydroxyl groups excluding tert-OH is 1. The molecule has 1 unspecified atom stereocenters. The van der Waals surface area contributed by atoms with Gasteiger partial charge in [0.15, 0.2) is 11.6 Å². The van der Waals surface area contributed by atoms with Crippen LogP contribution < -0.4 is 5.32 Å². The minimum atomic E-state index is -1.32. The number of β-amino-alcohol motifs (C(OH)–C–C–N with tert-alkyl or cyclic N) is 1. The van der Waals surface area contributed by atoms with Crippen LogP contribution in [0.5, 0.6) is 0 Å². The van der Waals surface area contributed by atoms with Crippen LogP contribution in [0.4, 0.5) is 24.5 Å². The quantitative estimate of drug-likeness (QED) is 0.686. The maximum Gasteiger partial charge on any atom is 0.279 e. The van der Waals surface area contributed by atoms with Gasteiger partial charge in [-0.15, -0.1) is 0 Å². The summed E-state index contributed by atoms with van der Waals surface area (Å²) >= 11 is 1.91. The summed E-state index contributed by atoms with van der Waals surface area (Å²) < 4.78 is 42.5.